The fourth-order valence-corrected chi connectivity index (χ4v) is 1.34. The predicted molar refractivity (Wildman–Crippen MR) is 70.7 cm³/mol. The Morgan fingerprint density at radius 1 is 1.45 bits per heavy atom. The number of allylic oxidation sites excluding steroid dienone is 1. The van der Waals surface area contributed by atoms with E-state index in [1.54, 1.807) is 14.0 Å². The molecular weight excluding hydrogens is 273 g/mol. The van der Waals surface area contributed by atoms with E-state index in [2.05, 4.69) is 25.9 Å². The standard InChI is InChI=1S/C11H15F3N6/c1-3-17-9-7(11(12,13)14)6-18-10(20-9)19-8(16-2)4-5-15/h4-6,15-16H,3H2,1-2H3,(H2,17,18,19,20)/b8-4+,15-5?. The van der Waals surface area contributed by atoms with Crippen LogP contribution in [0, 0.1) is 5.41 Å². The minimum atomic E-state index is -4.52. The summed E-state index contributed by atoms with van der Waals surface area (Å²) in [5.41, 5.74) is -0.924. The van der Waals surface area contributed by atoms with Crippen molar-refractivity contribution < 1.29 is 13.2 Å². The van der Waals surface area contributed by atoms with Gasteiger partial charge >= 0.3 is 6.18 Å². The Bertz CT molecular complexity index is 497. The summed E-state index contributed by atoms with van der Waals surface area (Å²) < 4.78 is 38.3. The van der Waals surface area contributed by atoms with Crippen LogP contribution in [-0.4, -0.2) is 29.8 Å². The molecule has 0 aliphatic heterocycles. The molecule has 0 saturated heterocycles. The molecule has 1 aromatic rings. The van der Waals surface area contributed by atoms with Crippen molar-refractivity contribution in [3.63, 3.8) is 0 Å². The second-order valence-corrected chi connectivity index (χ2v) is 3.61. The molecular formula is C11H15F3N6. The molecule has 0 aliphatic carbocycles. The average molecular weight is 288 g/mol. The largest absolute Gasteiger partial charge is 0.421 e. The van der Waals surface area contributed by atoms with Gasteiger partial charge in [-0.05, 0) is 13.0 Å². The first-order chi connectivity index (χ1) is 9.42. The van der Waals surface area contributed by atoms with E-state index < -0.39 is 11.7 Å². The molecule has 9 heteroatoms. The molecule has 1 aromatic heterocycles. The molecule has 0 saturated carbocycles. The normalized spacial score (nSPS) is 11.9. The second-order valence-electron chi connectivity index (χ2n) is 3.61. The minimum Gasteiger partial charge on any atom is -0.375 e. The highest BCUT2D eigenvalue weighted by Crippen LogP contribution is 2.33. The molecule has 0 bridgehead atoms. The van der Waals surface area contributed by atoms with Crippen LogP contribution >= 0.6 is 0 Å². The lowest BCUT2D eigenvalue weighted by molar-refractivity contribution is -0.137. The number of hydrogen-bond donors (Lipinski definition) is 4. The quantitative estimate of drug-likeness (QED) is 0.602. The Morgan fingerprint density at radius 2 is 2.15 bits per heavy atom. The Hall–Kier alpha value is -2.32. The number of rotatable bonds is 6. The monoisotopic (exact) mass is 288 g/mol. The highest BCUT2D eigenvalue weighted by atomic mass is 19.4. The van der Waals surface area contributed by atoms with E-state index in [1.165, 1.54) is 6.08 Å². The molecule has 0 atom stereocenters. The Morgan fingerprint density at radius 3 is 2.65 bits per heavy atom. The minimum absolute atomic E-state index is 0.00333. The van der Waals surface area contributed by atoms with Crippen molar-refractivity contribution in [1.82, 2.24) is 15.3 Å². The molecule has 4 N–H and O–H groups in total. The first kappa shape index (κ1) is 15.7. The van der Waals surface area contributed by atoms with Crippen molar-refractivity contribution in [2.24, 2.45) is 0 Å². The second kappa shape index (κ2) is 6.73. The number of hydrogen-bond acceptors (Lipinski definition) is 6. The maximum atomic E-state index is 12.8. The van der Waals surface area contributed by atoms with Crippen molar-refractivity contribution in [3.05, 3.63) is 23.7 Å². The number of nitrogens with zero attached hydrogens (tertiary/aromatic N) is 2. The summed E-state index contributed by atoms with van der Waals surface area (Å²) >= 11 is 0. The van der Waals surface area contributed by atoms with Gasteiger partial charge in [-0.2, -0.15) is 18.2 Å². The molecule has 0 spiro atoms. The number of anilines is 2. The maximum Gasteiger partial charge on any atom is 0.421 e. The van der Waals surface area contributed by atoms with Gasteiger partial charge in [-0.1, -0.05) is 0 Å². The van der Waals surface area contributed by atoms with Crippen molar-refractivity contribution in [2.45, 2.75) is 13.1 Å². The topological polar surface area (TPSA) is 85.7 Å². The van der Waals surface area contributed by atoms with E-state index in [0.29, 0.717) is 18.6 Å². The van der Waals surface area contributed by atoms with Gasteiger partial charge in [0.05, 0.1) is 0 Å². The first-order valence-electron chi connectivity index (χ1n) is 5.76. The third kappa shape index (κ3) is 4.11. The predicted octanol–water partition coefficient (Wildman–Crippen LogP) is 2.05. The fourth-order valence-electron chi connectivity index (χ4n) is 1.34. The molecule has 0 radical (unpaired) electrons. The van der Waals surface area contributed by atoms with E-state index in [-0.39, 0.29) is 11.8 Å². The summed E-state index contributed by atoms with van der Waals surface area (Å²) in [7, 11) is 1.59. The number of nitrogens with one attached hydrogen (secondary N) is 4. The van der Waals surface area contributed by atoms with Crippen LogP contribution in [0.25, 0.3) is 0 Å². The lowest BCUT2D eigenvalue weighted by atomic mass is 10.3. The van der Waals surface area contributed by atoms with Gasteiger partial charge in [0.15, 0.2) is 0 Å². The van der Waals surface area contributed by atoms with E-state index >= 15 is 0 Å². The molecule has 0 aromatic carbocycles. The van der Waals surface area contributed by atoms with Crippen molar-refractivity contribution in [2.75, 3.05) is 24.2 Å². The first-order valence-corrected chi connectivity index (χ1v) is 5.76. The summed E-state index contributed by atoms with van der Waals surface area (Å²) in [5, 5.41) is 14.9. The van der Waals surface area contributed by atoms with Gasteiger partial charge in [-0.25, -0.2) is 4.98 Å². The van der Waals surface area contributed by atoms with E-state index in [4.69, 9.17) is 5.41 Å². The average Bonchev–Trinajstić information content (AvgIpc) is 2.37. The Balaban J connectivity index is 3.10. The fraction of sp³-hybridized carbons (Fsp3) is 0.364. The van der Waals surface area contributed by atoms with Crippen LogP contribution in [0.15, 0.2) is 18.1 Å². The van der Waals surface area contributed by atoms with Gasteiger partial charge in [0, 0.05) is 26.0 Å². The van der Waals surface area contributed by atoms with Crippen molar-refractivity contribution in [3.8, 4) is 0 Å². The van der Waals surface area contributed by atoms with Crippen LogP contribution in [0.3, 0.4) is 0 Å². The lowest BCUT2D eigenvalue weighted by Gasteiger charge is -2.14. The summed E-state index contributed by atoms with van der Waals surface area (Å²) in [6.07, 6.45) is -1.40. The van der Waals surface area contributed by atoms with Gasteiger partial charge in [0.1, 0.15) is 17.2 Å². The van der Waals surface area contributed by atoms with Crippen LogP contribution in [-0.2, 0) is 6.18 Å². The van der Waals surface area contributed by atoms with Gasteiger partial charge in [-0.15, -0.1) is 0 Å². The van der Waals surface area contributed by atoms with Gasteiger partial charge in [0.25, 0.3) is 0 Å². The van der Waals surface area contributed by atoms with Crippen molar-refractivity contribution in [1.29, 1.82) is 5.41 Å². The van der Waals surface area contributed by atoms with Gasteiger partial charge in [0.2, 0.25) is 5.95 Å². The number of aromatic nitrogens is 2. The molecule has 0 unspecified atom stereocenters. The molecule has 110 valence electrons. The van der Waals surface area contributed by atoms with Gasteiger partial charge < -0.3 is 21.4 Å². The van der Waals surface area contributed by atoms with Gasteiger partial charge in [-0.3, -0.25) is 0 Å². The molecule has 0 amide bonds. The van der Waals surface area contributed by atoms with Crippen LogP contribution < -0.4 is 16.0 Å². The summed E-state index contributed by atoms with van der Waals surface area (Å²) in [6, 6.07) is 0. The Labute approximate surface area is 114 Å². The zero-order chi connectivity index (χ0) is 15.2. The smallest absolute Gasteiger partial charge is 0.375 e. The third-order valence-electron chi connectivity index (χ3n) is 2.20. The van der Waals surface area contributed by atoms with E-state index in [1.807, 2.05) is 0 Å². The summed E-state index contributed by atoms with van der Waals surface area (Å²) in [5.74, 6) is 0.0985. The molecule has 6 nitrogen and oxygen atoms in total. The molecule has 20 heavy (non-hydrogen) atoms. The third-order valence-corrected chi connectivity index (χ3v) is 2.20. The zero-order valence-corrected chi connectivity index (χ0v) is 11.0. The maximum absolute atomic E-state index is 12.8. The highest BCUT2D eigenvalue weighted by molar-refractivity contribution is 5.69. The molecule has 0 aliphatic rings. The van der Waals surface area contributed by atoms with Crippen molar-refractivity contribution >= 4 is 18.0 Å². The summed E-state index contributed by atoms with van der Waals surface area (Å²) in [6.45, 7) is 1.97. The zero-order valence-electron chi connectivity index (χ0n) is 11.0. The van der Waals surface area contributed by atoms with Crippen LogP contribution in [0.5, 0.6) is 0 Å². The van der Waals surface area contributed by atoms with E-state index in [0.717, 1.165) is 6.21 Å². The van der Waals surface area contributed by atoms with Crippen LogP contribution in [0.1, 0.15) is 12.5 Å². The number of alkyl halides is 3. The van der Waals surface area contributed by atoms with Crippen LogP contribution in [0.2, 0.25) is 0 Å². The van der Waals surface area contributed by atoms with Crippen LogP contribution in [0.4, 0.5) is 24.9 Å². The number of halogens is 3. The summed E-state index contributed by atoms with van der Waals surface area (Å²) in [4.78, 5) is 7.41. The van der Waals surface area contributed by atoms with E-state index in [9.17, 15) is 13.2 Å². The molecule has 1 heterocycles. The Kier molecular flexibility index (Phi) is 5.30. The SMILES string of the molecule is CCNc1nc(N/C(=C/C=N)NC)ncc1C(F)(F)F. The highest BCUT2D eigenvalue weighted by Gasteiger charge is 2.35. The lowest BCUT2D eigenvalue weighted by Crippen LogP contribution is -2.18. The molecule has 0 fully saturated rings. The molecule has 1 rings (SSSR count).